The van der Waals surface area contributed by atoms with E-state index >= 15 is 0 Å². The van der Waals surface area contributed by atoms with E-state index in [1.165, 1.54) is 0 Å². The molecule has 0 spiro atoms. The maximum absolute atomic E-state index is 4.05. The van der Waals surface area contributed by atoms with E-state index in [0.29, 0.717) is 0 Å². The predicted molar refractivity (Wildman–Crippen MR) is 156 cm³/mol. The second kappa shape index (κ2) is 11.3. The molecule has 0 amide bonds. The third-order valence-electron chi connectivity index (χ3n) is 5.52. The number of rotatable bonds is 5. The zero-order valence-corrected chi connectivity index (χ0v) is 28.8. The third kappa shape index (κ3) is 11.0. The van der Waals surface area contributed by atoms with E-state index in [1.54, 1.807) is 3.27 Å². The van der Waals surface area contributed by atoms with Crippen molar-refractivity contribution in [3.05, 3.63) is 9.34 Å². The van der Waals surface area contributed by atoms with Gasteiger partial charge in [-0.05, 0) is 0 Å². The van der Waals surface area contributed by atoms with Gasteiger partial charge in [-0.25, -0.2) is 0 Å². The SMILES string of the molecule is CC[N](CC)[Ge]([C]#CC(C)(C)C)([C]#CC(C)(C)C)/[C](=C/C(C)(C)C)[Al]([C](C)(C)C)[C](C)(C)C. The van der Waals surface area contributed by atoms with Crippen LogP contribution in [0.15, 0.2) is 9.34 Å². The molecule has 0 aliphatic carbocycles. The summed E-state index contributed by atoms with van der Waals surface area (Å²) in [6.45, 7) is 41.9. The van der Waals surface area contributed by atoms with Gasteiger partial charge in [0, 0.05) is 0 Å². The second-order valence-electron chi connectivity index (χ2n) is 15.0. The summed E-state index contributed by atoms with van der Waals surface area (Å²) in [5.74, 6) is 7.49. The van der Waals surface area contributed by atoms with Crippen LogP contribution in [-0.4, -0.2) is 44.6 Å². The van der Waals surface area contributed by atoms with Gasteiger partial charge in [0.15, 0.2) is 0 Å². The predicted octanol–water partition coefficient (Wildman–Crippen LogP) is 8.60. The van der Waals surface area contributed by atoms with E-state index in [2.05, 4.69) is 149 Å². The van der Waals surface area contributed by atoms with Crippen LogP contribution in [0, 0.1) is 37.6 Å². The first kappa shape index (κ1) is 32.9. The monoisotopic (exact) mass is 531 g/mol. The van der Waals surface area contributed by atoms with Crippen LogP contribution in [0.25, 0.3) is 0 Å². The van der Waals surface area contributed by atoms with E-state index in [4.69, 9.17) is 0 Å². The summed E-state index contributed by atoms with van der Waals surface area (Å²) in [6, 6.07) is 0. The van der Waals surface area contributed by atoms with Crippen LogP contribution in [0.3, 0.4) is 0 Å². The number of hydrogen-bond acceptors (Lipinski definition) is 1. The maximum atomic E-state index is 4.05. The van der Waals surface area contributed by atoms with Gasteiger partial charge in [0.2, 0.25) is 0 Å². The number of allylic oxidation sites excluding steroid dienone is 1. The molecule has 3 heteroatoms. The summed E-state index contributed by atoms with van der Waals surface area (Å²) in [7, 11) is 0. The van der Waals surface area contributed by atoms with Crippen LogP contribution in [-0.2, 0) is 0 Å². The third-order valence-corrected chi connectivity index (χ3v) is 21.2. The van der Waals surface area contributed by atoms with Crippen LogP contribution in [0.4, 0.5) is 0 Å². The number of nitrogens with zero attached hydrogens (tertiary/aromatic N) is 1. The van der Waals surface area contributed by atoms with Gasteiger partial charge in [0.1, 0.15) is 0 Å². The van der Waals surface area contributed by atoms with Crippen LogP contribution in [0.5, 0.6) is 0 Å². The van der Waals surface area contributed by atoms with Crippen molar-refractivity contribution >= 4 is 27.6 Å². The van der Waals surface area contributed by atoms with Crippen molar-refractivity contribution in [1.82, 2.24) is 3.86 Å². The average molecular weight is 530 g/mol. The summed E-state index contributed by atoms with van der Waals surface area (Å²) in [6.07, 6.45) is 2.65. The van der Waals surface area contributed by atoms with Crippen molar-refractivity contribution in [2.75, 3.05) is 13.1 Å². The molecule has 0 N–H and O–H groups in total. The minimum atomic E-state index is -3.35. The van der Waals surface area contributed by atoms with Gasteiger partial charge < -0.3 is 0 Å². The molecule has 0 aliphatic rings. The summed E-state index contributed by atoms with van der Waals surface area (Å²) in [4.78, 5) is 0. The van der Waals surface area contributed by atoms with Crippen molar-refractivity contribution in [2.45, 2.75) is 126 Å². The number of hydrogen-bond donors (Lipinski definition) is 0. The molecule has 0 unspecified atom stereocenters. The molecular formula is C30H56AlGeN. The Hall–Kier alpha value is -0.105. The Balaban J connectivity index is 8.04. The molecule has 0 heterocycles. The average Bonchev–Trinajstić information content (AvgIpc) is 2.51. The van der Waals surface area contributed by atoms with Gasteiger partial charge in [0.25, 0.3) is 0 Å². The van der Waals surface area contributed by atoms with E-state index in [-0.39, 0.29) is 24.8 Å². The molecule has 0 aromatic carbocycles. The molecule has 0 fully saturated rings. The van der Waals surface area contributed by atoms with E-state index in [1.807, 2.05) is 0 Å². The van der Waals surface area contributed by atoms with Crippen LogP contribution >= 0.6 is 0 Å². The molecule has 0 radical (unpaired) electrons. The van der Waals surface area contributed by atoms with Crippen molar-refractivity contribution in [3.63, 3.8) is 0 Å². The van der Waals surface area contributed by atoms with Crippen LogP contribution < -0.4 is 0 Å². The summed E-state index contributed by atoms with van der Waals surface area (Å²) < 4.78 is 13.0. The molecular weight excluding hydrogens is 474 g/mol. The Morgan fingerprint density at radius 2 is 1.00 bits per heavy atom. The molecule has 0 bridgehead atoms. The Labute approximate surface area is 216 Å². The Morgan fingerprint density at radius 3 is 1.21 bits per heavy atom. The first-order valence-corrected chi connectivity index (χ1v) is 18.8. The topological polar surface area (TPSA) is 3.24 Å². The first-order valence-electron chi connectivity index (χ1n) is 13.0. The fourth-order valence-corrected chi connectivity index (χ4v) is 28.0. The zero-order valence-electron chi connectivity index (χ0n) is 25.5. The molecule has 0 saturated heterocycles. The normalized spacial score (nSPS) is 14.4. The van der Waals surface area contributed by atoms with Crippen LogP contribution in [0.1, 0.15) is 118 Å². The van der Waals surface area contributed by atoms with Crippen molar-refractivity contribution in [3.8, 4) is 21.3 Å². The minimum absolute atomic E-state index is 0.0412. The van der Waals surface area contributed by atoms with Crippen LogP contribution in [0.2, 0.25) is 8.55 Å². The molecule has 0 aromatic rings. The molecule has 33 heavy (non-hydrogen) atoms. The van der Waals surface area contributed by atoms with Gasteiger partial charge in [0.05, 0.1) is 0 Å². The first-order chi connectivity index (χ1) is 14.4. The van der Waals surface area contributed by atoms with Gasteiger partial charge in [-0.1, -0.05) is 0 Å². The summed E-state index contributed by atoms with van der Waals surface area (Å²) in [5, 5.41) is 0. The van der Waals surface area contributed by atoms with Gasteiger partial charge >= 0.3 is 218 Å². The quantitative estimate of drug-likeness (QED) is 0.254. The molecule has 188 valence electrons. The van der Waals surface area contributed by atoms with Gasteiger partial charge in [-0.3, -0.25) is 0 Å². The second-order valence-corrected chi connectivity index (χ2v) is 27.7. The Kier molecular flexibility index (Phi) is 11.3. The zero-order chi connectivity index (χ0) is 26.7. The molecule has 0 aliphatic heterocycles. The molecule has 0 aromatic heterocycles. The summed E-state index contributed by atoms with van der Waals surface area (Å²) in [5.41, 5.74) is 0.00834. The van der Waals surface area contributed by atoms with E-state index in [9.17, 15) is 0 Å². The fraction of sp³-hybridized carbons (Fsp3) is 0.800. The Bertz CT molecular complexity index is 743. The van der Waals surface area contributed by atoms with Gasteiger partial charge in [-0.15, -0.1) is 0 Å². The Morgan fingerprint density at radius 1 is 0.667 bits per heavy atom. The summed E-state index contributed by atoms with van der Waals surface area (Å²) >= 11 is -4.86. The van der Waals surface area contributed by atoms with Gasteiger partial charge in [-0.2, -0.15) is 0 Å². The standard InChI is InChI=1S/C22H38GeN.2C4H9.Al/c1-12-24(13-2)23(17-14-20(3,4)5,18-15-21(6,7)8)19-16-22(9,10)11;2*1-4(2)3;/h14H,12-13H2,1-11H3;2*1-3H3;. The molecule has 0 rings (SSSR count). The molecule has 1 nitrogen and oxygen atoms in total. The van der Waals surface area contributed by atoms with Crippen molar-refractivity contribution < 1.29 is 0 Å². The van der Waals surface area contributed by atoms with E-state index in [0.717, 1.165) is 13.1 Å². The molecule has 0 atom stereocenters. The van der Waals surface area contributed by atoms with E-state index < -0.39 is 27.6 Å². The molecule has 0 saturated carbocycles. The fourth-order valence-electron chi connectivity index (χ4n) is 4.87. The van der Waals surface area contributed by atoms with Crippen molar-refractivity contribution in [1.29, 1.82) is 0 Å². The van der Waals surface area contributed by atoms with Crippen molar-refractivity contribution in [2.24, 2.45) is 16.2 Å².